The van der Waals surface area contributed by atoms with Gasteiger partial charge in [-0.15, -0.1) is 0 Å². The zero-order valence-electron chi connectivity index (χ0n) is 44.8. The Kier molecular flexibility index (Phi) is 11.1. The largest absolute Gasteiger partial charge is 0.455 e. The maximum Gasteiger partial charge on any atom is 0.143 e. The highest BCUT2D eigenvalue weighted by Crippen LogP contribution is 2.63. The van der Waals surface area contributed by atoms with Gasteiger partial charge in [-0.05, 0) is 150 Å². The van der Waals surface area contributed by atoms with Gasteiger partial charge in [-0.25, -0.2) is 0 Å². The fourth-order valence-corrected chi connectivity index (χ4v) is 13.6. The summed E-state index contributed by atoms with van der Waals surface area (Å²) < 4.78 is 7.59. The lowest BCUT2D eigenvalue weighted by Gasteiger charge is -2.35. The fourth-order valence-electron chi connectivity index (χ4n) is 13.6. The Hall–Kier alpha value is -10.7. The van der Waals surface area contributed by atoms with Crippen molar-refractivity contribution < 1.29 is 4.42 Å². The number of benzene rings is 14. The van der Waals surface area contributed by atoms with Crippen LogP contribution in [0.15, 0.2) is 320 Å². The molecule has 1 aliphatic rings. The van der Waals surface area contributed by atoms with Crippen LogP contribution in [0.25, 0.3) is 87.6 Å². The van der Waals surface area contributed by atoms with E-state index in [0.29, 0.717) is 0 Å². The van der Waals surface area contributed by atoms with Gasteiger partial charge in [0.15, 0.2) is 0 Å². The van der Waals surface area contributed by atoms with E-state index in [1.807, 2.05) is 0 Å². The first-order valence-electron chi connectivity index (χ1n) is 28.2. The third kappa shape index (κ3) is 7.44. The van der Waals surface area contributed by atoms with E-state index in [-0.39, 0.29) is 0 Å². The van der Waals surface area contributed by atoms with Gasteiger partial charge in [-0.1, -0.05) is 237 Å². The summed E-state index contributed by atoms with van der Waals surface area (Å²) in [6.45, 7) is 0. The maximum atomic E-state index is 7.59. The number of nitrogens with zero attached hydrogens (tertiary/aromatic N) is 2. The molecule has 15 aromatic rings. The molecule has 16 rings (SSSR count). The molecule has 0 fully saturated rings. The maximum absolute atomic E-state index is 7.59. The average Bonchev–Trinajstić information content (AvgIpc) is 2.14. The van der Waals surface area contributed by atoms with Crippen molar-refractivity contribution >= 4 is 88.4 Å². The molecule has 0 amide bonds. The lowest BCUT2D eigenvalue weighted by atomic mass is 9.66. The van der Waals surface area contributed by atoms with E-state index < -0.39 is 5.41 Å². The van der Waals surface area contributed by atoms with Crippen LogP contribution >= 0.6 is 0 Å². The lowest BCUT2D eigenvalue weighted by Crippen LogP contribution is -2.29. The van der Waals surface area contributed by atoms with Crippen LogP contribution in [-0.2, 0) is 5.41 Å². The van der Waals surface area contributed by atoms with Gasteiger partial charge >= 0.3 is 0 Å². The summed E-state index contributed by atoms with van der Waals surface area (Å²) in [5.41, 5.74) is 19.2. The minimum atomic E-state index is -0.734. The second-order valence-electron chi connectivity index (χ2n) is 21.5. The van der Waals surface area contributed by atoms with Crippen LogP contribution in [-0.4, -0.2) is 0 Å². The Morgan fingerprint density at radius 3 is 1.38 bits per heavy atom. The molecule has 0 unspecified atom stereocenters. The third-order valence-electron chi connectivity index (χ3n) is 17.0. The van der Waals surface area contributed by atoms with Crippen molar-refractivity contribution in [2.24, 2.45) is 0 Å². The minimum absolute atomic E-state index is 0.734. The second-order valence-corrected chi connectivity index (χ2v) is 21.5. The summed E-state index contributed by atoms with van der Waals surface area (Å²) in [6, 6.07) is 115. The first kappa shape index (κ1) is 47.3. The topological polar surface area (TPSA) is 19.6 Å². The normalized spacial score (nSPS) is 12.5. The summed E-state index contributed by atoms with van der Waals surface area (Å²) in [5.74, 6) is 0. The summed E-state index contributed by atoms with van der Waals surface area (Å²) in [6.07, 6.45) is 0. The molecule has 0 N–H and O–H groups in total. The van der Waals surface area contributed by atoms with Gasteiger partial charge in [0, 0.05) is 56.2 Å². The van der Waals surface area contributed by atoms with E-state index in [1.54, 1.807) is 0 Å². The van der Waals surface area contributed by atoms with Crippen LogP contribution in [0.1, 0.15) is 22.3 Å². The minimum Gasteiger partial charge on any atom is -0.455 e. The van der Waals surface area contributed by atoms with Crippen molar-refractivity contribution in [2.45, 2.75) is 5.41 Å². The SMILES string of the molecule is c1ccc(N(c2cccc(-c3cccc4ccccc34)c2)c2ccc3c(ccc4c3oc3cc(N(c5ccccc5)c5cccc(-c6cccc7ccccc67)c5)c5c(c34)C(c3ccccc3)(c3ccccc3)c3ccccc3-5)c2)cc1. The number of anilines is 6. The predicted molar refractivity (Wildman–Crippen MR) is 344 cm³/mol. The van der Waals surface area contributed by atoms with Crippen LogP contribution < -0.4 is 9.80 Å². The summed E-state index contributed by atoms with van der Waals surface area (Å²) in [4.78, 5) is 4.83. The summed E-state index contributed by atoms with van der Waals surface area (Å²) in [5, 5.41) is 9.22. The Morgan fingerprint density at radius 1 is 0.293 bits per heavy atom. The fraction of sp³-hybridized carbons (Fsp3) is 0.0127. The molecule has 14 aromatic carbocycles. The zero-order chi connectivity index (χ0) is 54.1. The van der Waals surface area contributed by atoms with Crippen LogP contribution in [0.3, 0.4) is 0 Å². The molecule has 0 aliphatic heterocycles. The van der Waals surface area contributed by atoms with Gasteiger partial charge in [-0.3, -0.25) is 0 Å². The zero-order valence-corrected chi connectivity index (χ0v) is 44.8. The van der Waals surface area contributed by atoms with Gasteiger partial charge in [0.05, 0.1) is 11.1 Å². The smallest absolute Gasteiger partial charge is 0.143 e. The first-order valence-corrected chi connectivity index (χ1v) is 28.2. The molecular weight excluding hydrogens is 993 g/mol. The molecule has 384 valence electrons. The third-order valence-corrected chi connectivity index (χ3v) is 17.0. The molecule has 0 atom stereocenters. The molecular formula is C79H52N2O. The number of hydrogen-bond donors (Lipinski definition) is 0. The van der Waals surface area contributed by atoms with Crippen molar-refractivity contribution in [1.82, 2.24) is 0 Å². The second kappa shape index (κ2) is 19.3. The number of furan rings is 1. The Bertz CT molecular complexity index is 4880. The molecule has 0 radical (unpaired) electrons. The van der Waals surface area contributed by atoms with E-state index in [0.717, 1.165) is 72.4 Å². The number of fused-ring (bicyclic) bond motifs is 11. The van der Waals surface area contributed by atoms with E-state index in [2.05, 4.69) is 325 Å². The Balaban J connectivity index is 0.958. The molecule has 0 bridgehead atoms. The van der Waals surface area contributed by atoms with Gasteiger partial charge in [-0.2, -0.15) is 0 Å². The van der Waals surface area contributed by atoms with Crippen molar-refractivity contribution in [3.63, 3.8) is 0 Å². The monoisotopic (exact) mass is 1040 g/mol. The molecule has 1 aromatic heterocycles. The number of para-hydroxylation sites is 2. The quantitative estimate of drug-likeness (QED) is 0.136. The van der Waals surface area contributed by atoms with Crippen molar-refractivity contribution in [3.8, 4) is 33.4 Å². The van der Waals surface area contributed by atoms with E-state index >= 15 is 0 Å². The van der Waals surface area contributed by atoms with Crippen molar-refractivity contribution in [2.75, 3.05) is 9.80 Å². The highest BCUT2D eigenvalue weighted by molar-refractivity contribution is 6.21. The first-order chi connectivity index (χ1) is 40.7. The standard InChI is InChI=1S/C79H52N2O/c1-5-29-58(30-6-1)79(59-31-7-2-8-32-59)72-44-18-17-41-70(72)75-73(81(61-35-11-4-12-36-61)63-38-20-28-56(50-63)68-43-22-26-54-24-14-16-40-66(54)68)52-74-76(77(75)79)71-47-45-57-51-64(46-48-69(57)78(71)82-74)80(60-33-9-3-10-34-60)62-37-19-27-55(49-62)67-42-21-25-53-23-13-15-39-65(53)67/h1-52H. The van der Waals surface area contributed by atoms with Gasteiger partial charge in [0.1, 0.15) is 11.2 Å². The Morgan fingerprint density at radius 2 is 0.756 bits per heavy atom. The van der Waals surface area contributed by atoms with Gasteiger partial charge < -0.3 is 14.2 Å². The van der Waals surface area contributed by atoms with Gasteiger partial charge in [0.25, 0.3) is 0 Å². The van der Waals surface area contributed by atoms with Crippen LogP contribution in [0.4, 0.5) is 34.1 Å². The van der Waals surface area contributed by atoms with E-state index in [4.69, 9.17) is 4.42 Å². The van der Waals surface area contributed by atoms with Crippen LogP contribution in [0, 0.1) is 0 Å². The molecule has 1 aliphatic carbocycles. The number of rotatable bonds is 10. The molecule has 0 spiro atoms. The van der Waals surface area contributed by atoms with Gasteiger partial charge in [0.2, 0.25) is 0 Å². The lowest BCUT2D eigenvalue weighted by molar-refractivity contribution is 0.671. The predicted octanol–water partition coefficient (Wildman–Crippen LogP) is 21.7. The summed E-state index contributed by atoms with van der Waals surface area (Å²) >= 11 is 0. The molecule has 82 heavy (non-hydrogen) atoms. The Labute approximate surface area is 476 Å². The molecule has 0 saturated carbocycles. The molecule has 1 heterocycles. The molecule has 3 nitrogen and oxygen atoms in total. The van der Waals surface area contributed by atoms with Crippen LogP contribution in [0.2, 0.25) is 0 Å². The average molecular weight is 1050 g/mol. The molecule has 0 saturated heterocycles. The number of hydrogen-bond acceptors (Lipinski definition) is 3. The highest BCUT2D eigenvalue weighted by atomic mass is 16.3. The van der Waals surface area contributed by atoms with Crippen LogP contribution in [0.5, 0.6) is 0 Å². The highest BCUT2D eigenvalue weighted by Gasteiger charge is 2.49. The summed E-state index contributed by atoms with van der Waals surface area (Å²) in [7, 11) is 0. The molecule has 3 heteroatoms. The van der Waals surface area contributed by atoms with Crippen molar-refractivity contribution in [1.29, 1.82) is 0 Å². The van der Waals surface area contributed by atoms with E-state index in [9.17, 15) is 0 Å². The van der Waals surface area contributed by atoms with E-state index in [1.165, 1.54) is 71.6 Å². The van der Waals surface area contributed by atoms with Crippen molar-refractivity contribution in [3.05, 3.63) is 338 Å².